The van der Waals surface area contributed by atoms with E-state index in [-0.39, 0.29) is 28.4 Å². The summed E-state index contributed by atoms with van der Waals surface area (Å²) in [6.45, 7) is 17.5. The summed E-state index contributed by atoms with van der Waals surface area (Å²) in [7, 11) is -1.75. The fraction of sp³-hybridized carbons (Fsp3) is 0.722. The molecule has 2 aliphatic heterocycles. The van der Waals surface area contributed by atoms with E-state index in [1.165, 1.54) is 0 Å². The molecule has 0 saturated carbocycles. The van der Waals surface area contributed by atoms with Crippen LogP contribution in [0.2, 0.25) is 18.1 Å². The average molecular weight is 320 g/mol. The summed E-state index contributed by atoms with van der Waals surface area (Å²) < 4.78 is 6.65. The molecule has 0 amide bonds. The van der Waals surface area contributed by atoms with E-state index in [0.29, 0.717) is 0 Å². The van der Waals surface area contributed by atoms with E-state index in [1.54, 1.807) is 6.08 Å². The van der Waals surface area contributed by atoms with Gasteiger partial charge in [-0.1, -0.05) is 39.0 Å². The monoisotopic (exact) mass is 319 g/mol. The molecule has 2 bridgehead atoms. The second-order valence-electron chi connectivity index (χ2n) is 8.84. The molecule has 0 aromatic carbocycles. The minimum absolute atomic E-state index is 0.0345. The van der Waals surface area contributed by atoms with E-state index in [0.717, 1.165) is 31.5 Å². The number of hydrogen-bond acceptors (Lipinski definition) is 3. The Hall–Kier alpha value is -0.713. The molecule has 1 spiro atoms. The lowest BCUT2D eigenvalue weighted by Crippen LogP contribution is -2.52. The van der Waals surface area contributed by atoms with Crippen molar-refractivity contribution in [1.82, 2.24) is 4.90 Å². The second-order valence-corrected chi connectivity index (χ2v) is 13.6. The Morgan fingerprint density at radius 2 is 2.05 bits per heavy atom. The number of piperidine rings is 1. The first-order valence-corrected chi connectivity index (χ1v) is 11.3. The van der Waals surface area contributed by atoms with Gasteiger partial charge in [-0.25, -0.2) is 0 Å². The highest BCUT2D eigenvalue weighted by molar-refractivity contribution is 6.74. The minimum atomic E-state index is -1.75. The van der Waals surface area contributed by atoms with Crippen molar-refractivity contribution >= 4 is 14.1 Å². The maximum Gasteiger partial charge on any atom is 0.192 e. The summed E-state index contributed by atoms with van der Waals surface area (Å²) in [5.41, 5.74) is 1.12. The normalized spacial score (nSPS) is 35.9. The number of rotatable bonds is 2. The van der Waals surface area contributed by atoms with E-state index in [1.807, 2.05) is 0 Å². The quantitative estimate of drug-likeness (QED) is 0.576. The number of carbonyl (C=O) groups excluding carboxylic acids is 1. The summed E-state index contributed by atoms with van der Waals surface area (Å²) in [6.07, 6.45) is 6.14. The number of ketones is 1. The summed E-state index contributed by atoms with van der Waals surface area (Å²) in [6, 6.07) is 0. The van der Waals surface area contributed by atoms with Crippen LogP contribution in [0, 0.1) is 5.92 Å². The van der Waals surface area contributed by atoms with Gasteiger partial charge in [0.1, 0.15) is 0 Å². The topological polar surface area (TPSA) is 29.5 Å². The number of carbonyl (C=O) groups is 1. The van der Waals surface area contributed by atoms with Crippen LogP contribution in [0.1, 0.15) is 33.6 Å². The molecule has 2 saturated heterocycles. The molecule has 22 heavy (non-hydrogen) atoms. The fourth-order valence-electron chi connectivity index (χ4n) is 3.87. The Kier molecular flexibility index (Phi) is 3.59. The van der Waals surface area contributed by atoms with Gasteiger partial charge in [0.2, 0.25) is 0 Å². The van der Waals surface area contributed by atoms with Gasteiger partial charge in [-0.3, -0.25) is 9.69 Å². The molecule has 3 atom stereocenters. The molecule has 3 rings (SSSR count). The van der Waals surface area contributed by atoms with Gasteiger partial charge in [0, 0.05) is 24.5 Å². The first-order chi connectivity index (χ1) is 10.0. The van der Waals surface area contributed by atoms with Crippen molar-refractivity contribution in [3.63, 3.8) is 0 Å². The predicted octanol–water partition coefficient (Wildman–Crippen LogP) is 3.54. The lowest BCUT2D eigenvalue weighted by Gasteiger charge is -2.46. The SMILES string of the molecule is C=C1CN2C[C@H](O[Si](C)(C)C(C)(C)C)C[C@]23C=CC(=O)[C@H]1C3. The molecule has 1 aliphatic carbocycles. The highest BCUT2D eigenvalue weighted by atomic mass is 28.4. The first-order valence-electron chi connectivity index (χ1n) is 8.38. The van der Waals surface area contributed by atoms with Crippen molar-refractivity contribution in [2.45, 2.75) is 63.4 Å². The molecule has 4 heteroatoms. The van der Waals surface area contributed by atoms with Crippen molar-refractivity contribution in [3.8, 4) is 0 Å². The Labute approximate surface area is 135 Å². The third kappa shape index (κ3) is 2.45. The zero-order valence-electron chi connectivity index (χ0n) is 14.6. The molecule has 2 fully saturated rings. The molecule has 0 unspecified atom stereocenters. The van der Waals surface area contributed by atoms with Crippen LogP contribution < -0.4 is 0 Å². The zero-order chi connectivity index (χ0) is 16.3. The molecule has 0 aromatic heterocycles. The van der Waals surface area contributed by atoms with Crippen molar-refractivity contribution in [1.29, 1.82) is 0 Å². The van der Waals surface area contributed by atoms with Crippen molar-refractivity contribution in [3.05, 3.63) is 24.3 Å². The van der Waals surface area contributed by atoms with Crippen molar-refractivity contribution < 1.29 is 9.22 Å². The van der Waals surface area contributed by atoms with Gasteiger partial charge < -0.3 is 4.43 Å². The van der Waals surface area contributed by atoms with Crippen molar-refractivity contribution in [2.24, 2.45) is 5.92 Å². The molecule has 0 aromatic rings. The highest BCUT2D eigenvalue weighted by Gasteiger charge is 2.53. The Morgan fingerprint density at radius 3 is 2.68 bits per heavy atom. The van der Waals surface area contributed by atoms with Gasteiger partial charge >= 0.3 is 0 Å². The van der Waals surface area contributed by atoms with E-state index in [9.17, 15) is 4.79 Å². The van der Waals surface area contributed by atoms with Gasteiger partial charge in [-0.05, 0) is 37.0 Å². The van der Waals surface area contributed by atoms with Crippen LogP contribution in [0.4, 0.5) is 0 Å². The smallest absolute Gasteiger partial charge is 0.192 e. The third-order valence-corrected chi connectivity index (χ3v) is 10.8. The molecular formula is C18H29NO2Si. The van der Waals surface area contributed by atoms with E-state index < -0.39 is 8.32 Å². The largest absolute Gasteiger partial charge is 0.413 e. The Balaban J connectivity index is 1.81. The summed E-state index contributed by atoms with van der Waals surface area (Å²) in [4.78, 5) is 14.5. The average Bonchev–Trinajstić information content (AvgIpc) is 2.69. The molecule has 2 heterocycles. The van der Waals surface area contributed by atoms with E-state index in [2.05, 4.69) is 51.4 Å². The van der Waals surface area contributed by atoms with Crippen LogP contribution in [-0.2, 0) is 9.22 Å². The maximum absolute atomic E-state index is 12.1. The standard InChI is InChI=1S/C18H29NO2Si/c1-13-11-19-12-14(21-22(5,6)17(2,3)4)9-18(19)8-7-16(20)15(13)10-18/h7-8,14-15H,1,9-12H2,2-6H3/t14-,15+,18+/m1/s1. The van der Waals surface area contributed by atoms with Gasteiger partial charge in [-0.2, -0.15) is 0 Å². The molecule has 3 nitrogen and oxygen atoms in total. The minimum Gasteiger partial charge on any atom is -0.413 e. The summed E-state index contributed by atoms with van der Waals surface area (Å²) in [5, 5.41) is 0.234. The second kappa shape index (κ2) is 4.89. The molecule has 0 N–H and O–H groups in total. The van der Waals surface area contributed by atoms with Gasteiger partial charge in [0.25, 0.3) is 0 Å². The Bertz CT molecular complexity index is 546. The number of allylic oxidation sites excluding steroid dienone is 1. The van der Waals surface area contributed by atoms with Gasteiger partial charge in [-0.15, -0.1) is 0 Å². The van der Waals surface area contributed by atoms with E-state index >= 15 is 0 Å². The van der Waals surface area contributed by atoms with E-state index in [4.69, 9.17) is 4.43 Å². The number of nitrogens with zero attached hydrogens (tertiary/aromatic N) is 1. The van der Waals surface area contributed by atoms with Gasteiger partial charge in [0.15, 0.2) is 14.1 Å². The van der Waals surface area contributed by atoms with Crippen LogP contribution in [0.3, 0.4) is 0 Å². The van der Waals surface area contributed by atoms with Crippen LogP contribution in [-0.4, -0.2) is 43.7 Å². The molecular weight excluding hydrogens is 290 g/mol. The molecule has 0 radical (unpaired) electrons. The summed E-state index contributed by atoms with van der Waals surface area (Å²) >= 11 is 0. The van der Waals surface area contributed by atoms with Crippen LogP contribution >= 0.6 is 0 Å². The predicted molar refractivity (Wildman–Crippen MR) is 92.4 cm³/mol. The Morgan fingerprint density at radius 1 is 1.36 bits per heavy atom. The molecule has 3 aliphatic rings. The number of hydrogen-bond donors (Lipinski definition) is 0. The summed E-state index contributed by atoms with van der Waals surface area (Å²) in [5.74, 6) is 0.275. The maximum atomic E-state index is 12.1. The van der Waals surface area contributed by atoms with Crippen LogP contribution in [0.15, 0.2) is 24.3 Å². The highest BCUT2D eigenvalue weighted by Crippen LogP contribution is 2.47. The van der Waals surface area contributed by atoms with Gasteiger partial charge in [0.05, 0.1) is 6.10 Å². The number of fused-ring (bicyclic) bond motifs is 1. The zero-order valence-corrected chi connectivity index (χ0v) is 15.6. The van der Waals surface area contributed by atoms with Crippen molar-refractivity contribution in [2.75, 3.05) is 13.1 Å². The first kappa shape index (κ1) is 16.2. The third-order valence-electron chi connectivity index (χ3n) is 6.25. The fourth-order valence-corrected chi connectivity index (χ4v) is 5.22. The van der Waals surface area contributed by atoms with Crippen LogP contribution in [0.5, 0.6) is 0 Å². The lowest BCUT2D eigenvalue weighted by molar-refractivity contribution is -0.119. The van der Waals surface area contributed by atoms with Crippen LogP contribution in [0.25, 0.3) is 0 Å². The molecule has 122 valence electrons. The lowest BCUT2D eigenvalue weighted by atomic mass is 9.72.